The molecule has 1 N–H and O–H groups in total. The first-order chi connectivity index (χ1) is 19.1. The lowest BCUT2D eigenvalue weighted by Gasteiger charge is -2.31. The molecule has 40 heavy (non-hydrogen) atoms. The fourth-order valence-corrected chi connectivity index (χ4v) is 4.52. The van der Waals surface area contributed by atoms with E-state index in [0.29, 0.717) is 42.9 Å². The summed E-state index contributed by atoms with van der Waals surface area (Å²) < 4.78 is 64.1. The normalized spacial score (nSPS) is 15.1. The molecule has 0 aliphatic carbocycles. The summed E-state index contributed by atoms with van der Waals surface area (Å²) in [7, 11) is 0. The summed E-state index contributed by atoms with van der Waals surface area (Å²) in [5.41, 5.74) is 0.578. The number of nitrogens with one attached hydrogen (secondary N) is 1. The lowest BCUT2D eigenvalue weighted by atomic mass is 10.0. The second-order valence-electron chi connectivity index (χ2n) is 9.17. The van der Waals surface area contributed by atoms with E-state index in [1.165, 1.54) is 30.6 Å². The minimum atomic E-state index is -5.01. The molecular formula is C28H24F4N4O4. The molecule has 12 heteroatoms. The van der Waals surface area contributed by atoms with Crippen LogP contribution in [0.15, 0.2) is 71.8 Å². The average molecular weight is 557 g/mol. The highest BCUT2D eigenvalue weighted by molar-refractivity contribution is 5.96. The van der Waals surface area contributed by atoms with Gasteiger partial charge in [0.15, 0.2) is 5.75 Å². The van der Waals surface area contributed by atoms with Crippen molar-refractivity contribution >= 4 is 22.5 Å². The van der Waals surface area contributed by atoms with Crippen LogP contribution in [-0.4, -0.2) is 59.1 Å². The fourth-order valence-electron chi connectivity index (χ4n) is 4.52. The standard InChI is InChI=1S/C28H24F4N4O4/c1-17(35-10-12-39-13-11-35)26(37)34-24-15-19(7-9-25(24)40-28(30,31)32)36-16-33-23-14-18(6-8-21(23)27(36)38)20-4-2-3-5-22(20)29/h2-9,14-17H,10-13H2,1H3,(H,34,37). The van der Waals surface area contributed by atoms with Crippen molar-refractivity contribution in [2.24, 2.45) is 0 Å². The number of hydrogen-bond donors (Lipinski definition) is 1. The van der Waals surface area contributed by atoms with E-state index < -0.39 is 35.4 Å². The molecule has 2 heterocycles. The van der Waals surface area contributed by atoms with Gasteiger partial charge in [-0.3, -0.25) is 19.1 Å². The van der Waals surface area contributed by atoms with Crippen LogP contribution in [0.5, 0.6) is 5.75 Å². The zero-order valence-corrected chi connectivity index (χ0v) is 21.2. The molecule has 8 nitrogen and oxygen atoms in total. The highest BCUT2D eigenvalue weighted by atomic mass is 19.4. The molecule has 0 radical (unpaired) electrons. The van der Waals surface area contributed by atoms with Crippen LogP contribution in [0.25, 0.3) is 27.7 Å². The molecule has 5 rings (SSSR count). The number of morpholine rings is 1. The number of ether oxygens (including phenoxy) is 2. The van der Waals surface area contributed by atoms with E-state index in [1.54, 1.807) is 37.3 Å². The third-order valence-corrected chi connectivity index (χ3v) is 6.64. The predicted molar refractivity (Wildman–Crippen MR) is 140 cm³/mol. The smallest absolute Gasteiger partial charge is 0.404 e. The van der Waals surface area contributed by atoms with Gasteiger partial charge in [-0.05, 0) is 48.9 Å². The Hall–Kier alpha value is -4.29. The van der Waals surface area contributed by atoms with Gasteiger partial charge in [-0.2, -0.15) is 0 Å². The Labute approximate surface area is 225 Å². The van der Waals surface area contributed by atoms with Gasteiger partial charge < -0.3 is 14.8 Å². The van der Waals surface area contributed by atoms with Crippen molar-refractivity contribution in [1.29, 1.82) is 0 Å². The molecule has 1 aliphatic heterocycles. The molecular weight excluding hydrogens is 532 g/mol. The van der Waals surface area contributed by atoms with Crippen LogP contribution in [0.3, 0.4) is 0 Å². The number of halogens is 4. The van der Waals surface area contributed by atoms with E-state index in [0.717, 1.165) is 10.6 Å². The number of carbonyl (C=O) groups is 1. The number of rotatable bonds is 6. The van der Waals surface area contributed by atoms with Crippen LogP contribution in [0.4, 0.5) is 23.2 Å². The Balaban J connectivity index is 1.50. The first-order valence-corrected chi connectivity index (χ1v) is 12.4. The molecule has 1 fully saturated rings. The monoisotopic (exact) mass is 556 g/mol. The van der Waals surface area contributed by atoms with Gasteiger partial charge in [0.2, 0.25) is 5.91 Å². The lowest BCUT2D eigenvalue weighted by molar-refractivity contribution is -0.274. The van der Waals surface area contributed by atoms with Crippen molar-refractivity contribution in [3.05, 3.63) is 83.2 Å². The van der Waals surface area contributed by atoms with Crippen LogP contribution >= 0.6 is 0 Å². The van der Waals surface area contributed by atoms with Gasteiger partial charge in [0.1, 0.15) is 12.1 Å². The third-order valence-electron chi connectivity index (χ3n) is 6.64. The molecule has 0 saturated carbocycles. The number of carbonyl (C=O) groups excluding carboxylic acids is 1. The Kier molecular flexibility index (Phi) is 7.55. The van der Waals surface area contributed by atoms with Crippen molar-refractivity contribution in [2.45, 2.75) is 19.3 Å². The number of amides is 1. The maximum absolute atomic E-state index is 14.3. The molecule has 1 amide bonds. The molecule has 1 unspecified atom stereocenters. The zero-order valence-electron chi connectivity index (χ0n) is 21.2. The van der Waals surface area contributed by atoms with Crippen molar-refractivity contribution in [3.63, 3.8) is 0 Å². The Bertz CT molecular complexity index is 1620. The van der Waals surface area contributed by atoms with Gasteiger partial charge >= 0.3 is 6.36 Å². The van der Waals surface area contributed by atoms with Gasteiger partial charge in [0, 0.05) is 18.7 Å². The number of fused-ring (bicyclic) bond motifs is 1. The summed E-state index contributed by atoms with van der Waals surface area (Å²) in [5.74, 6) is -1.60. The Morgan fingerprint density at radius 3 is 2.55 bits per heavy atom. The third kappa shape index (κ3) is 5.82. The van der Waals surface area contributed by atoms with Crippen molar-refractivity contribution in [1.82, 2.24) is 14.5 Å². The van der Waals surface area contributed by atoms with Crippen molar-refractivity contribution < 1.29 is 31.8 Å². The maximum Gasteiger partial charge on any atom is 0.573 e. The summed E-state index contributed by atoms with van der Waals surface area (Å²) >= 11 is 0. The second kappa shape index (κ2) is 11.1. The topological polar surface area (TPSA) is 85.7 Å². The number of alkyl halides is 3. The van der Waals surface area contributed by atoms with Crippen molar-refractivity contribution in [2.75, 3.05) is 31.6 Å². The van der Waals surface area contributed by atoms with Gasteiger partial charge in [0.05, 0.1) is 41.5 Å². The van der Waals surface area contributed by atoms with Crippen LogP contribution in [0.2, 0.25) is 0 Å². The van der Waals surface area contributed by atoms with Crippen LogP contribution in [0, 0.1) is 5.82 Å². The highest BCUT2D eigenvalue weighted by Gasteiger charge is 2.33. The fraction of sp³-hybridized carbons (Fsp3) is 0.250. The predicted octanol–water partition coefficient (Wildman–Crippen LogP) is 4.75. The highest BCUT2D eigenvalue weighted by Crippen LogP contribution is 2.33. The average Bonchev–Trinajstić information content (AvgIpc) is 2.93. The van der Waals surface area contributed by atoms with E-state index >= 15 is 0 Å². The zero-order chi connectivity index (χ0) is 28.4. The van der Waals surface area contributed by atoms with Gasteiger partial charge in [0.25, 0.3) is 5.56 Å². The van der Waals surface area contributed by atoms with E-state index in [9.17, 15) is 27.2 Å². The molecule has 1 aromatic heterocycles. The number of aromatic nitrogens is 2. The van der Waals surface area contributed by atoms with Crippen LogP contribution < -0.4 is 15.6 Å². The number of benzene rings is 3. The molecule has 1 aliphatic rings. The molecule has 3 aromatic carbocycles. The Morgan fingerprint density at radius 1 is 1.07 bits per heavy atom. The van der Waals surface area contributed by atoms with E-state index in [-0.39, 0.29) is 16.8 Å². The van der Waals surface area contributed by atoms with Crippen LogP contribution in [-0.2, 0) is 9.53 Å². The number of hydrogen-bond acceptors (Lipinski definition) is 6. The van der Waals surface area contributed by atoms with Crippen LogP contribution in [0.1, 0.15) is 6.92 Å². The second-order valence-corrected chi connectivity index (χ2v) is 9.17. The molecule has 0 bridgehead atoms. The quantitative estimate of drug-likeness (QED) is 0.345. The summed E-state index contributed by atoms with van der Waals surface area (Å²) in [6, 6.07) is 13.7. The molecule has 208 valence electrons. The SMILES string of the molecule is CC(C(=O)Nc1cc(-n2cnc3cc(-c4ccccc4F)ccc3c2=O)ccc1OC(F)(F)F)N1CCOCC1. The summed E-state index contributed by atoms with van der Waals surface area (Å²) in [6.07, 6.45) is -3.79. The molecule has 0 spiro atoms. The number of nitrogens with zero attached hydrogens (tertiary/aromatic N) is 3. The summed E-state index contributed by atoms with van der Waals surface area (Å²) in [5, 5.41) is 2.72. The van der Waals surface area contributed by atoms with Gasteiger partial charge in [-0.1, -0.05) is 24.3 Å². The largest absolute Gasteiger partial charge is 0.573 e. The van der Waals surface area contributed by atoms with E-state index in [4.69, 9.17) is 4.74 Å². The maximum atomic E-state index is 14.3. The van der Waals surface area contributed by atoms with Crippen molar-refractivity contribution in [3.8, 4) is 22.6 Å². The minimum absolute atomic E-state index is 0.154. The number of anilines is 1. The minimum Gasteiger partial charge on any atom is -0.404 e. The van der Waals surface area contributed by atoms with E-state index in [1.807, 2.05) is 4.90 Å². The summed E-state index contributed by atoms with van der Waals surface area (Å²) in [6.45, 7) is 3.52. The summed E-state index contributed by atoms with van der Waals surface area (Å²) in [4.78, 5) is 32.5. The molecule has 4 aromatic rings. The first-order valence-electron chi connectivity index (χ1n) is 12.4. The Morgan fingerprint density at radius 2 is 1.82 bits per heavy atom. The van der Waals surface area contributed by atoms with Gasteiger partial charge in [-0.15, -0.1) is 13.2 Å². The lowest BCUT2D eigenvalue weighted by Crippen LogP contribution is -2.47. The first kappa shape index (κ1) is 27.3. The van der Waals surface area contributed by atoms with Gasteiger partial charge in [-0.25, -0.2) is 9.37 Å². The molecule has 1 saturated heterocycles. The molecule has 1 atom stereocenters. The van der Waals surface area contributed by atoms with E-state index in [2.05, 4.69) is 15.0 Å².